The Kier molecular flexibility index (Phi) is 7.00. The van der Waals surface area contributed by atoms with Crippen molar-refractivity contribution in [1.82, 2.24) is 24.8 Å². The Labute approximate surface area is 206 Å². The van der Waals surface area contributed by atoms with Crippen molar-refractivity contribution in [2.45, 2.75) is 64.5 Å². The molecule has 0 spiro atoms. The topological polar surface area (TPSA) is 89.4 Å². The summed E-state index contributed by atoms with van der Waals surface area (Å²) < 4.78 is 8.41. The average Bonchev–Trinajstić information content (AvgIpc) is 3.37. The Morgan fingerprint density at radius 1 is 1.30 bits per heavy atom. The van der Waals surface area contributed by atoms with Crippen molar-refractivity contribution in [2.24, 2.45) is 5.92 Å². The fourth-order valence-electron chi connectivity index (χ4n) is 4.50. The van der Waals surface area contributed by atoms with Crippen LogP contribution in [0.1, 0.15) is 58.9 Å². The lowest BCUT2D eigenvalue weighted by Gasteiger charge is -2.28. The zero-order valence-corrected chi connectivity index (χ0v) is 21.4. The number of amides is 2. The number of carbonyl (C=O) groups excluding carboxylic acids is 2. The first-order valence-electron chi connectivity index (χ1n) is 11.3. The molecular weight excluding hydrogens is 510 g/mol. The summed E-state index contributed by atoms with van der Waals surface area (Å²) in [7, 11) is 0. The number of carbonyl (C=O) groups is 2. The van der Waals surface area contributed by atoms with Gasteiger partial charge in [0, 0.05) is 41.9 Å². The molecule has 0 radical (unpaired) electrons. The molecule has 1 fully saturated rings. The van der Waals surface area contributed by atoms with Gasteiger partial charge in [0.1, 0.15) is 22.7 Å². The van der Waals surface area contributed by atoms with Crippen LogP contribution in [0, 0.1) is 5.92 Å². The van der Waals surface area contributed by atoms with E-state index in [1.807, 2.05) is 33.2 Å². The van der Waals surface area contributed by atoms with Gasteiger partial charge in [-0.05, 0) is 74.4 Å². The van der Waals surface area contributed by atoms with E-state index < -0.39 is 5.60 Å². The van der Waals surface area contributed by atoms with Crippen LogP contribution in [0.25, 0.3) is 11.0 Å². The summed E-state index contributed by atoms with van der Waals surface area (Å²) in [6.45, 7) is 6.63. The van der Waals surface area contributed by atoms with Crippen LogP contribution >= 0.6 is 27.5 Å². The molecule has 1 N–H and O–H groups in total. The molecular formula is C23H29BrClN5O3. The lowest BCUT2D eigenvalue weighted by atomic mass is 10.1. The van der Waals surface area contributed by atoms with Crippen LogP contribution in [0.4, 0.5) is 4.79 Å². The van der Waals surface area contributed by atoms with Crippen LogP contribution in [-0.2, 0) is 9.53 Å². The fraction of sp³-hybridized carbons (Fsp3) is 0.565. The van der Waals surface area contributed by atoms with E-state index in [9.17, 15) is 9.59 Å². The van der Waals surface area contributed by atoms with Gasteiger partial charge in [0.05, 0.1) is 5.39 Å². The Morgan fingerprint density at radius 2 is 2.09 bits per heavy atom. The number of hydrogen-bond donors (Lipinski definition) is 1. The molecule has 2 atom stereocenters. The second kappa shape index (κ2) is 9.62. The van der Waals surface area contributed by atoms with E-state index in [0.29, 0.717) is 18.2 Å². The summed E-state index contributed by atoms with van der Waals surface area (Å²) in [5.41, 5.74) is 1.28. The van der Waals surface area contributed by atoms with Gasteiger partial charge >= 0.3 is 6.09 Å². The average molecular weight is 539 g/mol. The van der Waals surface area contributed by atoms with Crippen molar-refractivity contribution < 1.29 is 14.3 Å². The normalized spacial score (nSPS) is 21.2. The number of hydrogen-bond acceptors (Lipinski definition) is 5. The van der Waals surface area contributed by atoms with Crippen LogP contribution in [0.2, 0.25) is 5.15 Å². The molecule has 4 rings (SSSR count). The molecule has 8 nitrogen and oxygen atoms in total. The zero-order valence-electron chi connectivity index (χ0n) is 19.1. The van der Waals surface area contributed by atoms with E-state index in [1.54, 1.807) is 4.90 Å². The molecule has 3 heterocycles. The number of fused-ring (bicyclic) bond motifs is 1. The number of nitrogens with one attached hydrogen (secondary N) is 1. The second-order valence-corrected chi connectivity index (χ2v) is 10.9. The standard InChI is InChI=1S/C23H29BrClN5O3/c1-23(2,3)33-22(32)29-8-4-5-14(11-29)10-26-21(31)15-6-7-16(9-15)30-12-17(24)18-19(25)27-13-28-20(18)30/h11-13,15-16H,4-10H2,1-3H3,(H,26,31). The first kappa shape index (κ1) is 24.0. The minimum Gasteiger partial charge on any atom is -0.443 e. The molecule has 33 heavy (non-hydrogen) atoms. The minimum absolute atomic E-state index is 0.0518. The van der Waals surface area contributed by atoms with E-state index >= 15 is 0 Å². The molecule has 2 aromatic rings. The maximum absolute atomic E-state index is 12.9. The Hall–Kier alpha value is -2.13. The molecule has 2 amide bonds. The molecule has 0 bridgehead atoms. The van der Waals surface area contributed by atoms with E-state index in [4.69, 9.17) is 16.3 Å². The molecule has 0 saturated heterocycles. The summed E-state index contributed by atoms with van der Waals surface area (Å²) in [4.78, 5) is 35.3. The summed E-state index contributed by atoms with van der Waals surface area (Å²) in [5.74, 6) is -0.00865. The van der Waals surface area contributed by atoms with E-state index in [-0.39, 0.29) is 24.0 Å². The highest BCUT2D eigenvalue weighted by molar-refractivity contribution is 9.10. The highest BCUT2D eigenvalue weighted by atomic mass is 79.9. The lowest BCUT2D eigenvalue weighted by Crippen LogP contribution is -2.37. The summed E-state index contributed by atoms with van der Waals surface area (Å²) >= 11 is 9.79. The first-order chi connectivity index (χ1) is 15.6. The Morgan fingerprint density at radius 3 is 2.85 bits per heavy atom. The molecule has 2 aromatic heterocycles. The van der Waals surface area contributed by atoms with Gasteiger partial charge in [-0.15, -0.1) is 0 Å². The predicted octanol–water partition coefficient (Wildman–Crippen LogP) is 5.22. The predicted molar refractivity (Wildman–Crippen MR) is 130 cm³/mol. The monoisotopic (exact) mass is 537 g/mol. The van der Waals surface area contributed by atoms with Gasteiger partial charge in [0.15, 0.2) is 0 Å². The van der Waals surface area contributed by atoms with Crippen LogP contribution in [0.3, 0.4) is 0 Å². The van der Waals surface area contributed by atoms with Crippen molar-refractivity contribution in [3.63, 3.8) is 0 Å². The van der Waals surface area contributed by atoms with Crippen LogP contribution in [-0.4, -0.2) is 50.1 Å². The minimum atomic E-state index is -0.534. The molecule has 1 aliphatic carbocycles. The third kappa shape index (κ3) is 5.51. The zero-order chi connectivity index (χ0) is 23.8. The van der Waals surface area contributed by atoms with E-state index in [2.05, 4.69) is 35.8 Å². The van der Waals surface area contributed by atoms with Crippen molar-refractivity contribution >= 4 is 50.6 Å². The van der Waals surface area contributed by atoms with Crippen LogP contribution in [0.15, 0.2) is 28.8 Å². The molecule has 0 aromatic carbocycles. The molecule has 2 unspecified atom stereocenters. The number of rotatable bonds is 4. The van der Waals surface area contributed by atoms with Gasteiger partial charge < -0.3 is 14.6 Å². The first-order valence-corrected chi connectivity index (χ1v) is 12.4. The highest BCUT2D eigenvalue weighted by Gasteiger charge is 2.32. The van der Waals surface area contributed by atoms with Crippen molar-refractivity contribution in [3.8, 4) is 0 Å². The van der Waals surface area contributed by atoms with Crippen LogP contribution in [0.5, 0.6) is 0 Å². The van der Waals surface area contributed by atoms with Crippen molar-refractivity contribution in [2.75, 3.05) is 13.1 Å². The van der Waals surface area contributed by atoms with Crippen molar-refractivity contribution in [1.29, 1.82) is 0 Å². The second-order valence-electron chi connectivity index (χ2n) is 9.69. The largest absolute Gasteiger partial charge is 0.443 e. The van der Waals surface area contributed by atoms with Gasteiger partial charge in [0.2, 0.25) is 5.91 Å². The number of aromatic nitrogens is 3. The van der Waals surface area contributed by atoms with Gasteiger partial charge in [-0.3, -0.25) is 9.69 Å². The molecule has 1 saturated carbocycles. The molecule has 2 aliphatic rings. The summed E-state index contributed by atoms with van der Waals surface area (Å²) in [6.07, 6.45) is 9.08. The highest BCUT2D eigenvalue weighted by Crippen LogP contribution is 2.39. The van der Waals surface area contributed by atoms with E-state index in [0.717, 1.165) is 53.2 Å². The van der Waals surface area contributed by atoms with Crippen molar-refractivity contribution in [3.05, 3.63) is 33.9 Å². The lowest BCUT2D eigenvalue weighted by molar-refractivity contribution is -0.124. The maximum Gasteiger partial charge on any atom is 0.414 e. The SMILES string of the molecule is CC(C)(C)OC(=O)N1C=C(CNC(=O)C2CCC(n3cc(Br)c4c(Cl)ncnc43)C2)CCC1. The molecule has 1 aliphatic heterocycles. The van der Waals surface area contributed by atoms with Gasteiger partial charge in [-0.2, -0.15) is 0 Å². The van der Waals surface area contributed by atoms with E-state index in [1.165, 1.54) is 6.33 Å². The fourth-order valence-corrected chi connectivity index (χ4v) is 5.43. The number of ether oxygens (including phenoxy) is 1. The number of halogens is 2. The van der Waals surface area contributed by atoms with Gasteiger partial charge in [-0.25, -0.2) is 14.8 Å². The summed E-state index contributed by atoms with van der Waals surface area (Å²) in [5, 5.41) is 4.29. The molecule has 178 valence electrons. The summed E-state index contributed by atoms with van der Waals surface area (Å²) in [6, 6.07) is 0.178. The maximum atomic E-state index is 12.9. The Balaban J connectivity index is 1.35. The number of nitrogens with zero attached hydrogens (tertiary/aromatic N) is 4. The Bertz CT molecular complexity index is 1090. The van der Waals surface area contributed by atoms with Crippen LogP contribution < -0.4 is 5.32 Å². The van der Waals surface area contributed by atoms with Gasteiger partial charge in [0.25, 0.3) is 0 Å². The quantitative estimate of drug-likeness (QED) is 0.539. The smallest absolute Gasteiger partial charge is 0.414 e. The molecule has 10 heteroatoms. The van der Waals surface area contributed by atoms with Gasteiger partial charge in [-0.1, -0.05) is 11.6 Å². The third-order valence-electron chi connectivity index (χ3n) is 6.04. The third-order valence-corrected chi connectivity index (χ3v) is 6.93.